The van der Waals surface area contributed by atoms with Crippen molar-refractivity contribution in [2.75, 3.05) is 6.61 Å². The minimum absolute atomic E-state index is 0.176. The highest BCUT2D eigenvalue weighted by atomic mass is 28.4. The zero-order chi connectivity index (χ0) is 25.3. The Balaban J connectivity index is 1.74. The third-order valence-electron chi connectivity index (χ3n) is 7.28. The maximum Gasteiger partial charge on any atom is 0.251 e. The first-order valence-corrected chi connectivity index (χ1v) is 14.9. The highest BCUT2D eigenvalue weighted by Crippen LogP contribution is 2.42. The summed E-state index contributed by atoms with van der Waals surface area (Å²) in [5.74, 6) is 0.581. The van der Waals surface area contributed by atoms with Crippen molar-refractivity contribution in [1.29, 1.82) is 5.26 Å². The summed E-state index contributed by atoms with van der Waals surface area (Å²) in [5, 5.41) is 20.6. The summed E-state index contributed by atoms with van der Waals surface area (Å²) in [7, 11) is -1.73. The van der Waals surface area contributed by atoms with E-state index in [0.29, 0.717) is 16.9 Å². The van der Waals surface area contributed by atoms with E-state index in [1.165, 1.54) is 0 Å². The molecule has 3 rings (SSSR count). The number of rotatable bonds is 7. The Hall–Kier alpha value is -2.40. The van der Waals surface area contributed by atoms with Crippen molar-refractivity contribution >= 4 is 8.32 Å². The summed E-state index contributed by atoms with van der Waals surface area (Å²) in [5.41, 5.74) is 1.02. The predicted molar refractivity (Wildman–Crippen MR) is 137 cm³/mol. The zero-order valence-electron chi connectivity index (χ0n) is 21.5. The maximum atomic E-state index is 13.1. The van der Waals surface area contributed by atoms with Crippen molar-refractivity contribution in [2.24, 2.45) is 0 Å². The number of ether oxygens (including phenoxy) is 1. The van der Waals surface area contributed by atoms with Gasteiger partial charge in [0.05, 0.1) is 17.7 Å². The molecule has 2 heterocycles. The summed E-state index contributed by atoms with van der Waals surface area (Å²) in [6.07, 6.45) is 3.49. The van der Waals surface area contributed by atoms with Crippen LogP contribution in [0.15, 0.2) is 41.3 Å². The van der Waals surface area contributed by atoms with Gasteiger partial charge in [-0.25, -0.2) is 0 Å². The van der Waals surface area contributed by atoms with E-state index in [-0.39, 0.29) is 10.6 Å². The summed E-state index contributed by atoms with van der Waals surface area (Å²) in [6.45, 7) is 15.6. The highest BCUT2D eigenvalue weighted by Gasteiger charge is 2.44. The van der Waals surface area contributed by atoms with Gasteiger partial charge in [0.15, 0.2) is 8.32 Å². The number of nitriles is 1. The lowest BCUT2D eigenvalue weighted by Crippen LogP contribution is -2.52. The number of fused-ring (bicyclic) bond motifs is 1. The van der Waals surface area contributed by atoms with Crippen molar-refractivity contribution in [2.45, 2.75) is 89.8 Å². The second kappa shape index (κ2) is 9.69. The van der Waals surface area contributed by atoms with Gasteiger partial charge in [-0.05, 0) is 81.1 Å². The first kappa shape index (κ1) is 26.2. The fourth-order valence-electron chi connectivity index (χ4n) is 4.03. The number of nitrogens with zero attached hydrogens (tertiary/aromatic N) is 2. The van der Waals surface area contributed by atoms with Crippen LogP contribution in [0, 0.1) is 11.3 Å². The van der Waals surface area contributed by atoms with Crippen molar-refractivity contribution in [3.05, 3.63) is 63.6 Å². The molecule has 0 aliphatic carbocycles. The van der Waals surface area contributed by atoms with Crippen LogP contribution >= 0.6 is 0 Å². The molecule has 0 amide bonds. The molecule has 2 aromatic rings. The fourth-order valence-corrected chi connectivity index (χ4v) is 5.12. The van der Waals surface area contributed by atoms with Gasteiger partial charge in [0.25, 0.3) is 5.56 Å². The molecular formula is C27H38N2O4Si. The normalized spacial score (nSPS) is 19.7. The van der Waals surface area contributed by atoms with Crippen LogP contribution in [0.3, 0.4) is 0 Å². The molecular weight excluding hydrogens is 444 g/mol. The van der Waals surface area contributed by atoms with Crippen LogP contribution in [-0.2, 0) is 10.8 Å². The molecule has 0 spiro atoms. The monoisotopic (exact) mass is 482 g/mol. The van der Waals surface area contributed by atoms with Gasteiger partial charge in [-0.3, -0.25) is 4.79 Å². The van der Waals surface area contributed by atoms with E-state index in [9.17, 15) is 15.2 Å². The highest BCUT2D eigenvalue weighted by molar-refractivity contribution is 6.74. The molecule has 0 radical (unpaired) electrons. The van der Waals surface area contributed by atoms with E-state index in [0.717, 1.165) is 31.4 Å². The lowest BCUT2D eigenvalue weighted by atomic mass is 9.85. The number of hydrogen-bond acceptors (Lipinski definition) is 5. The average molecular weight is 483 g/mol. The van der Waals surface area contributed by atoms with Crippen LogP contribution in [-0.4, -0.2) is 36.3 Å². The molecule has 0 saturated carbocycles. The van der Waals surface area contributed by atoms with Crippen LogP contribution in [0.4, 0.5) is 0 Å². The Morgan fingerprint density at radius 1 is 1.21 bits per heavy atom. The van der Waals surface area contributed by atoms with Crippen molar-refractivity contribution < 1.29 is 14.3 Å². The van der Waals surface area contributed by atoms with E-state index >= 15 is 0 Å². The topological polar surface area (TPSA) is 84.5 Å². The average Bonchev–Trinajstić information content (AvgIpc) is 2.74. The molecule has 1 N–H and O–H groups in total. The number of benzene rings is 1. The van der Waals surface area contributed by atoms with Crippen LogP contribution < -0.4 is 10.3 Å². The molecule has 1 aliphatic rings. The van der Waals surface area contributed by atoms with Gasteiger partial charge in [-0.15, -0.1) is 0 Å². The summed E-state index contributed by atoms with van der Waals surface area (Å²) in [4.78, 5) is 13.1. The molecule has 6 nitrogen and oxygen atoms in total. The van der Waals surface area contributed by atoms with Gasteiger partial charge in [0.1, 0.15) is 17.5 Å². The molecule has 0 saturated heterocycles. The lowest BCUT2D eigenvalue weighted by molar-refractivity contribution is -0.0642. The largest absolute Gasteiger partial charge is 0.485 e. The maximum absolute atomic E-state index is 13.1. The smallest absolute Gasteiger partial charge is 0.251 e. The summed E-state index contributed by atoms with van der Waals surface area (Å²) < 4.78 is 13.8. The Bertz CT molecular complexity index is 1120. The molecule has 7 heteroatoms. The number of unbranched alkanes of at least 4 members (excludes halogenated alkanes) is 1. The molecule has 1 aliphatic heterocycles. The SMILES string of the molecule is CC1(C)Oc2ccc(C#N)cc2[C@@H](n2ccc(CCCCO[Si](C)(C)C(C)(C)C)cc2=O)[C@@H]1O. The Morgan fingerprint density at radius 2 is 1.91 bits per heavy atom. The summed E-state index contributed by atoms with van der Waals surface area (Å²) >= 11 is 0. The first-order chi connectivity index (χ1) is 15.8. The number of hydrogen-bond donors (Lipinski definition) is 1. The van der Waals surface area contributed by atoms with Gasteiger partial charge in [0.2, 0.25) is 0 Å². The van der Waals surface area contributed by atoms with Crippen LogP contribution in [0.5, 0.6) is 5.75 Å². The molecule has 2 atom stereocenters. The Kier molecular flexibility index (Phi) is 7.47. The van der Waals surface area contributed by atoms with Crippen molar-refractivity contribution in [1.82, 2.24) is 4.57 Å². The predicted octanol–water partition coefficient (Wildman–Crippen LogP) is 5.19. The first-order valence-electron chi connectivity index (χ1n) is 12.0. The van der Waals surface area contributed by atoms with E-state index < -0.39 is 26.1 Å². The van der Waals surface area contributed by atoms with Crippen molar-refractivity contribution in [3.63, 3.8) is 0 Å². The number of aromatic nitrogens is 1. The van der Waals surface area contributed by atoms with E-state index in [1.54, 1.807) is 48.9 Å². The number of aliphatic hydroxyl groups is 1. The third kappa shape index (κ3) is 5.46. The van der Waals surface area contributed by atoms with Gasteiger partial charge >= 0.3 is 0 Å². The van der Waals surface area contributed by atoms with E-state index in [2.05, 4.69) is 39.9 Å². The van der Waals surface area contributed by atoms with Crippen LogP contribution in [0.2, 0.25) is 18.1 Å². The van der Waals surface area contributed by atoms with Gasteiger partial charge in [0, 0.05) is 24.4 Å². The standard InChI is InChI=1S/C27H38N2O4Si/c1-26(2,3)34(6,7)32-15-9-8-10-19-13-14-29(23(30)17-19)24-21-16-20(18-28)11-12-22(21)33-27(4,5)25(24)31/h11-14,16-17,24-25,31H,8-10,15H2,1-7H3/t24-,25+/m1/s1. The Morgan fingerprint density at radius 3 is 2.53 bits per heavy atom. The van der Waals surface area contributed by atoms with Crippen LogP contribution in [0.25, 0.3) is 0 Å². The van der Waals surface area contributed by atoms with Gasteiger partial charge in [-0.2, -0.15) is 5.26 Å². The Labute approximate surface area is 204 Å². The molecule has 1 aromatic carbocycles. The molecule has 0 unspecified atom stereocenters. The van der Waals surface area contributed by atoms with E-state index in [4.69, 9.17) is 9.16 Å². The van der Waals surface area contributed by atoms with Gasteiger partial charge < -0.3 is 18.8 Å². The lowest BCUT2D eigenvalue weighted by Gasteiger charge is -2.42. The fraction of sp³-hybridized carbons (Fsp3) is 0.556. The molecule has 34 heavy (non-hydrogen) atoms. The molecule has 0 bridgehead atoms. The quantitative estimate of drug-likeness (QED) is 0.434. The summed E-state index contributed by atoms with van der Waals surface area (Å²) in [6, 6.07) is 10.2. The number of aryl methyl sites for hydroxylation is 1. The molecule has 184 valence electrons. The molecule has 1 aromatic heterocycles. The third-order valence-corrected chi connectivity index (χ3v) is 11.8. The minimum atomic E-state index is -1.73. The van der Waals surface area contributed by atoms with E-state index in [1.807, 2.05) is 6.07 Å². The molecule has 0 fully saturated rings. The number of pyridine rings is 1. The minimum Gasteiger partial charge on any atom is -0.485 e. The number of aliphatic hydroxyl groups excluding tert-OH is 1. The van der Waals surface area contributed by atoms with Crippen LogP contribution in [0.1, 0.15) is 70.2 Å². The second-order valence-electron chi connectivity index (χ2n) is 11.3. The zero-order valence-corrected chi connectivity index (χ0v) is 22.5. The second-order valence-corrected chi connectivity index (χ2v) is 16.1. The van der Waals surface area contributed by atoms with Crippen molar-refractivity contribution in [3.8, 4) is 11.8 Å². The van der Waals surface area contributed by atoms with Gasteiger partial charge in [-0.1, -0.05) is 20.8 Å².